The summed E-state index contributed by atoms with van der Waals surface area (Å²) in [6.45, 7) is 4.80. The molecule has 4 heteroatoms. The molecular formula is C20H23N3O. The number of aryl methyl sites for hydroxylation is 1. The topological polar surface area (TPSA) is 45.2 Å². The molecule has 1 aromatic carbocycles. The Morgan fingerprint density at radius 3 is 2.54 bits per heavy atom. The zero-order valence-corrected chi connectivity index (χ0v) is 14.0. The predicted octanol–water partition coefficient (Wildman–Crippen LogP) is 2.84. The molecule has 3 heterocycles. The van der Waals surface area contributed by atoms with Gasteiger partial charge in [0.05, 0.1) is 17.2 Å². The first kappa shape index (κ1) is 15.3. The standard InChI is InChI=1S/C20H23N3O/c1-15-6-5-9-17(21-15)14-23-12-10-20(11-13-23)18(22-19(20)24)16-7-3-2-4-8-16/h2-9,18H,10-14H2,1H3,(H,22,24)/t18-/m0/s1. The summed E-state index contributed by atoms with van der Waals surface area (Å²) >= 11 is 0. The molecule has 2 aliphatic heterocycles. The fourth-order valence-corrected chi connectivity index (χ4v) is 4.06. The molecular weight excluding hydrogens is 298 g/mol. The van der Waals surface area contributed by atoms with Crippen LogP contribution in [0.25, 0.3) is 0 Å². The van der Waals surface area contributed by atoms with Crippen molar-refractivity contribution in [1.29, 1.82) is 0 Å². The second-order valence-electron chi connectivity index (χ2n) is 7.02. The zero-order valence-electron chi connectivity index (χ0n) is 14.0. The summed E-state index contributed by atoms with van der Waals surface area (Å²) in [6, 6.07) is 16.7. The predicted molar refractivity (Wildman–Crippen MR) is 93.2 cm³/mol. The van der Waals surface area contributed by atoms with E-state index < -0.39 is 0 Å². The number of aromatic nitrogens is 1. The van der Waals surface area contributed by atoms with Crippen LogP contribution in [0.2, 0.25) is 0 Å². The van der Waals surface area contributed by atoms with E-state index >= 15 is 0 Å². The first-order valence-corrected chi connectivity index (χ1v) is 8.68. The van der Waals surface area contributed by atoms with Crippen molar-refractivity contribution in [2.45, 2.75) is 32.4 Å². The van der Waals surface area contributed by atoms with Crippen LogP contribution in [-0.4, -0.2) is 28.9 Å². The van der Waals surface area contributed by atoms with Crippen LogP contribution in [0.1, 0.15) is 35.8 Å². The molecule has 2 aliphatic rings. The lowest BCUT2D eigenvalue weighted by Gasteiger charge is -2.52. The van der Waals surface area contributed by atoms with Gasteiger partial charge in [-0.1, -0.05) is 36.4 Å². The molecule has 2 aromatic rings. The third-order valence-corrected chi connectivity index (χ3v) is 5.49. The summed E-state index contributed by atoms with van der Waals surface area (Å²) in [5.74, 6) is 0.227. The van der Waals surface area contributed by atoms with Crippen molar-refractivity contribution in [2.24, 2.45) is 5.41 Å². The summed E-state index contributed by atoms with van der Waals surface area (Å²) < 4.78 is 0. The van der Waals surface area contributed by atoms with E-state index in [1.165, 1.54) is 5.56 Å². The van der Waals surface area contributed by atoms with E-state index in [4.69, 9.17) is 0 Å². The van der Waals surface area contributed by atoms with Crippen LogP contribution in [0.5, 0.6) is 0 Å². The molecule has 4 nitrogen and oxygen atoms in total. The van der Waals surface area contributed by atoms with Crippen LogP contribution in [0.3, 0.4) is 0 Å². The minimum atomic E-state index is -0.210. The number of carbonyl (C=O) groups excluding carboxylic acids is 1. The Bertz CT molecular complexity index is 736. The maximum Gasteiger partial charge on any atom is 0.229 e. The van der Waals surface area contributed by atoms with Gasteiger partial charge in [0.15, 0.2) is 0 Å². The van der Waals surface area contributed by atoms with Crippen molar-refractivity contribution in [3.63, 3.8) is 0 Å². The van der Waals surface area contributed by atoms with E-state index in [1.807, 2.05) is 31.2 Å². The lowest BCUT2D eigenvalue weighted by molar-refractivity contribution is -0.151. The summed E-state index contributed by atoms with van der Waals surface area (Å²) in [5.41, 5.74) is 3.19. The summed E-state index contributed by atoms with van der Waals surface area (Å²) in [5, 5.41) is 3.12. The number of carbonyl (C=O) groups is 1. The maximum absolute atomic E-state index is 12.4. The molecule has 1 spiro atoms. The molecule has 0 saturated carbocycles. The van der Waals surface area contributed by atoms with Crippen molar-refractivity contribution in [3.8, 4) is 0 Å². The van der Waals surface area contributed by atoms with Crippen molar-refractivity contribution in [3.05, 3.63) is 65.5 Å². The quantitative estimate of drug-likeness (QED) is 0.884. The van der Waals surface area contributed by atoms with Gasteiger partial charge >= 0.3 is 0 Å². The van der Waals surface area contributed by atoms with Gasteiger partial charge in [-0.05, 0) is 50.6 Å². The molecule has 1 atom stereocenters. The van der Waals surface area contributed by atoms with Crippen LogP contribution in [0.15, 0.2) is 48.5 Å². The van der Waals surface area contributed by atoms with Gasteiger partial charge in [0, 0.05) is 12.2 Å². The van der Waals surface area contributed by atoms with Gasteiger partial charge in [0.25, 0.3) is 0 Å². The number of rotatable bonds is 3. The van der Waals surface area contributed by atoms with E-state index in [9.17, 15) is 4.79 Å². The highest BCUT2D eigenvalue weighted by Crippen LogP contribution is 2.49. The van der Waals surface area contributed by atoms with Crippen molar-refractivity contribution in [2.75, 3.05) is 13.1 Å². The largest absolute Gasteiger partial charge is 0.348 e. The lowest BCUT2D eigenvalue weighted by Crippen LogP contribution is -2.64. The van der Waals surface area contributed by atoms with E-state index in [-0.39, 0.29) is 17.4 Å². The van der Waals surface area contributed by atoms with Crippen LogP contribution in [0.4, 0.5) is 0 Å². The maximum atomic E-state index is 12.4. The number of hydrogen-bond acceptors (Lipinski definition) is 3. The summed E-state index contributed by atoms with van der Waals surface area (Å²) in [6.07, 6.45) is 1.84. The highest BCUT2D eigenvalue weighted by Gasteiger charge is 2.56. The van der Waals surface area contributed by atoms with Gasteiger partial charge in [0.2, 0.25) is 5.91 Å². The van der Waals surface area contributed by atoms with Crippen molar-refractivity contribution >= 4 is 5.91 Å². The highest BCUT2D eigenvalue weighted by atomic mass is 16.2. The molecule has 0 aliphatic carbocycles. The third-order valence-electron chi connectivity index (χ3n) is 5.49. The number of β-lactam (4-membered cyclic amide) rings is 1. The Balaban J connectivity index is 1.44. The average molecular weight is 321 g/mol. The third kappa shape index (κ3) is 2.61. The van der Waals surface area contributed by atoms with E-state index in [0.29, 0.717) is 0 Å². The van der Waals surface area contributed by atoms with Gasteiger partial charge < -0.3 is 5.32 Å². The number of nitrogens with zero attached hydrogens (tertiary/aromatic N) is 2. The van der Waals surface area contributed by atoms with E-state index in [0.717, 1.165) is 43.9 Å². The monoisotopic (exact) mass is 321 g/mol. The molecule has 0 radical (unpaired) electrons. The summed E-state index contributed by atoms with van der Waals surface area (Å²) in [4.78, 5) is 19.4. The molecule has 1 N–H and O–H groups in total. The normalized spacial score (nSPS) is 22.9. The number of pyridine rings is 1. The van der Waals surface area contributed by atoms with Crippen LogP contribution in [-0.2, 0) is 11.3 Å². The van der Waals surface area contributed by atoms with E-state index in [2.05, 4.69) is 39.5 Å². The van der Waals surface area contributed by atoms with Gasteiger partial charge in [-0.2, -0.15) is 0 Å². The Hall–Kier alpha value is -2.20. The first-order valence-electron chi connectivity index (χ1n) is 8.68. The van der Waals surface area contributed by atoms with Crippen molar-refractivity contribution < 1.29 is 4.79 Å². The molecule has 124 valence electrons. The van der Waals surface area contributed by atoms with E-state index in [1.54, 1.807) is 0 Å². The number of likely N-dealkylation sites (tertiary alicyclic amines) is 1. The van der Waals surface area contributed by atoms with Crippen molar-refractivity contribution in [1.82, 2.24) is 15.2 Å². The highest BCUT2D eigenvalue weighted by molar-refractivity contribution is 5.90. The minimum absolute atomic E-state index is 0.172. The molecule has 4 rings (SSSR count). The van der Waals surface area contributed by atoms with Gasteiger partial charge in [-0.15, -0.1) is 0 Å². The number of hydrogen-bond donors (Lipinski definition) is 1. The molecule has 24 heavy (non-hydrogen) atoms. The summed E-state index contributed by atoms with van der Waals surface area (Å²) in [7, 11) is 0. The number of nitrogens with one attached hydrogen (secondary N) is 1. The van der Waals surface area contributed by atoms with Crippen LogP contribution < -0.4 is 5.32 Å². The number of amides is 1. The fraction of sp³-hybridized carbons (Fsp3) is 0.400. The Morgan fingerprint density at radius 1 is 1.12 bits per heavy atom. The number of benzene rings is 1. The van der Waals surface area contributed by atoms with Gasteiger partial charge in [-0.25, -0.2) is 0 Å². The van der Waals surface area contributed by atoms with Crippen LogP contribution in [0, 0.1) is 12.3 Å². The molecule has 1 aromatic heterocycles. The number of piperidine rings is 1. The Morgan fingerprint density at radius 2 is 1.88 bits per heavy atom. The fourth-order valence-electron chi connectivity index (χ4n) is 4.06. The zero-order chi connectivity index (χ0) is 16.6. The molecule has 1 amide bonds. The minimum Gasteiger partial charge on any atom is -0.348 e. The SMILES string of the molecule is Cc1cccc(CN2CCC3(CC2)C(=O)N[C@H]3c2ccccc2)n1. The van der Waals surface area contributed by atoms with Crippen LogP contribution >= 0.6 is 0 Å². The Kier molecular flexibility index (Phi) is 3.85. The smallest absolute Gasteiger partial charge is 0.229 e. The Labute approximate surface area is 142 Å². The van der Waals surface area contributed by atoms with Gasteiger partial charge in [-0.3, -0.25) is 14.7 Å². The molecule has 2 fully saturated rings. The first-order chi connectivity index (χ1) is 11.7. The molecule has 2 saturated heterocycles. The average Bonchev–Trinajstić information content (AvgIpc) is 2.61. The van der Waals surface area contributed by atoms with Gasteiger partial charge in [0.1, 0.15) is 0 Å². The second kappa shape index (κ2) is 6.02. The molecule has 0 bridgehead atoms. The lowest BCUT2D eigenvalue weighted by atomic mass is 9.64. The molecule has 0 unspecified atom stereocenters. The second-order valence-corrected chi connectivity index (χ2v) is 7.02.